The molecule has 2 aromatic carbocycles. The summed E-state index contributed by atoms with van der Waals surface area (Å²) in [4.78, 5) is 58.6. The topological polar surface area (TPSA) is 99.3 Å². The van der Waals surface area contributed by atoms with Crippen LogP contribution in [0.5, 0.6) is 0 Å². The van der Waals surface area contributed by atoms with E-state index in [-0.39, 0.29) is 43.0 Å². The van der Waals surface area contributed by atoms with Gasteiger partial charge in [0.05, 0.1) is 12.4 Å². The minimum Gasteiger partial charge on any atom is -0.467 e. The number of rotatable bonds is 8. The molecule has 42 heavy (non-hydrogen) atoms. The number of likely N-dealkylation sites (tertiary alicyclic amines) is 1. The number of urea groups is 1. The van der Waals surface area contributed by atoms with Gasteiger partial charge < -0.3 is 24.8 Å². The van der Waals surface area contributed by atoms with Gasteiger partial charge in [-0.3, -0.25) is 9.59 Å². The van der Waals surface area contributed by atoms with Crippen molar-refractivity contribution in [3.05, 3.63) is 65.7 Å². The fourth-order valence-electron chi connectivity index (χ4n) is 6.23. The number of para-hydroxylation sites is 1. The molecule has 226 valence electrons. The Labute approximate surface area is 253 Å². The van der Waals surface area contributed by atoms with Crippen molar-refractivity contribution < 1.29 is 25.3 Å². The first-order valence-corrected chi connectivity index (χ1v) is 15.7. The number of carbonyl (C=O) groups is 4. The van der Waals surface area contributed by atoms with Crippen LogP contribution in [0.25, 0.3) is 0 Å². The number of carbonyl (C=O) groups excluding carboxylic acids is 4. The number of hydrogen-bond acceptors (Lipinski definition) is 6. The second-order valence-electron chi connectivity index (χ2n) is 11.6. The molecule has 4 amide bonds. The normalized spacial score (nSPS) is 22.0. The molecular formula is C32H42N4O5S. The summed E-state index contributed by atoms with van der Waals surface area (Å²) in [6.07, 6.45) is 2.73. The molecule has 10 heteroatoms. The van der Waals surface area contributed by atoms with Crippen molar-refractivity contribution in [1.82, 2.24) is 14.7 Å². The molecule has 0 saturated carbocycles. The molecule has 3 heterocycles. The van der Waals surface area contributed by atoms with E-state index in [9.17, 15) is 19.2 Å². The fraction of sp³-hybridized carbons (Fsp3) is 0.500. The molecule has 3 atom stereocenters. The Balaban J connectivity index is 0.00000423. The lowest BCUT2D eigenvalue weighted by Gasteiger charge is -2.38. The molecule has 0 bridgehead atoms. The zero-order valence-electron chi connectivity index (χ0n) is 24.5. The van der Waals surface area contributed by atoms with E-state index in [4.69, 9.17) is 4.74 Å². The van der Waals surface area contributed by atoms with Crippen molar-refractivity contribution in [2.45, 2.75) is 68.7 Å². The Kier molecular flexibility index (Phi) is 9.40. The number of nitrogens with zero attached hydrogens (tertiary/aromatic N) is 3. The van der Waals surface area contributed by atoms with E-state index in [0.717, 1.165) is 23.2 Å². The third-order valence-corrected chi connectivity index (χ3v) is 9.88. The standard InChI is InChI=1S/C32H40N4O5S.H2/c1-21(2)19-26(31(39)41-3)36-29(38)27(42-30(36)23-10-5-4-6-11-23)20-28(37)34-16-14-24(15-17-34)35-18-13-22-9-7-8-12-25(22)33-32(35)40;/h4-12,21,24,26-27,30H,13-20H2,1-3H3,(H,33,40);1H/t26-,27?,30?;/m1./s1. The largest absolute Gasteiger partial charge is 0.467 e. The predicted octanol–water partition coefficient (Wildman–Crippen LogP) is 4.93. The lowest BCUT2D eigenvalue weighted by atomic mass is 10.0. The summed E-state index contributed by atoms with van der Waals surface area (Å²) in [5, 5.41) is 2.07. The molecule has 0 spiro atoms. The number of piperidine rings is 1. The van der Waals surface area contributed by atoms with Crippen molar-refractivity contribution >= 4 is 41.3 Å². The molecule has 2 aromatic rings. The van der Waals surface area contributed by atoms with Crippen LogP contribution in [0.2, 0.25) is 0 Å². The van der Waals surface area contributed by atoms with Gasteiger partial charge in [0, 0.05) is 39.2 Å². The van der Waals surface area contributed by atoms with Crippen LogP contribution >= 0.6 is 11.8 Å². The molecule has 0 aliphatic carbocycles. The highest BCUT2D eigenvalue weighted by Crippen LogP contribution is 2.46. The number of nitrogens with one attached hydrogen (secondary N) is 1. The number of anilines is 1. The number of ether oxygens (including phenoxy) is 1. The number of thioether (sulfide) groups is 1. The van der Waals surface area contributed by atoms with E-state index in [1.54, 1.807) is 4.90 Å². The van der Waals surface area contributed by atoms with E-state index in [2.05, 4.69) is 5.32 Å². The number of methoxy groups -OCH3 is 1. The van der Waals surface area contributed by atoms with Crippen molar-refractivity contribution in [2.75, 3.05) is 32.1 Å². The third-order valence-electron chi connectivity index (χ3n) is 8.42. The lowest BCUT2D eigenvalue weighted by Crippen LogP contribution is -2.50. The van der Waals surface area contributed by atoms with E-state index >= 15 is 0 Å². The summed E-state index contributed by atoms with van der Waals surface area (Å²) < 4.78 is 5.11. The monoisotopic (exact) mass is 594 g/mol. The second kappa shape index (κ2) is 13.2. The van der Waals surface area contributed by atoms with Crippen LogP contribution in [-0.4, -0.2) is 82.6 Å². The summed E-state index contributed by atoms with van der Waals surface area (Å²) in [5.74, 6) is -0.535. The maximum Gasteiger partial charge on any atom is 0.328 e. The minimum absolute atomic E-state index is 0. The molecule has 1 N–H and O–H groups in total. The molecule has 0 aromatic heterocycles. The molecule has 2 fully saturated rings. The van der Waals surface area contributed by atoms with Crippen LogP contribution in [0.15, 0.2) is 54.6 Å². The first-order valence-electron chi connectivity index (χ1n) is 14.8. The molecule has 2 unspecified atom stereocenters. The Morgan fingerprint density at radius 3 is 2.40 bits per heavy atom. The Bertz CT molecular complexity index is 1300. The molecular weight excluding hydrogens is 552 g/mol. The molecule has 9 nitrogen and oxygen atoms in total. The summed E-state index contributed by atoms with van der Waals surface area (Å²) in [6.45, 7) is 5.74. The molecule has 3 aliphatic heterocycles. The minimum atomic E-state index is -0.720. The van der Waals surface area contributed by atoms with Gasteiger partial charge in [-0.1, -0.05) is 62.4 Å². The van der Waals surface area contributed by atoms with Crippen LogP contribution in [0.4, 0.5) is 10.5 Å². The zero-order valence-corrected chi connectivity index (χ0v) is 25.3. The molecule has 2 saturated heterocycles. The SMILES string of the molecule is COC(=O)[C@@H](CC(C)C)N1C(=O)C(CC(=O)N2CCC(N3CCc4ccccc4NC3=O)CC2)SC1c1ccccc1.[HH]. The van der Waals surface area contributed by atoms with Gasteiger partial charge in [-0.25, -0.2) is 9.59 Å². The van der Waals surface area contributed by atoms with Gasteiger partial charge >= 0.3 is 12.0 Å². The fourth-order valence-corrected chi connectivity index (χ4v) is 7.71. The maximum atomic E-state index is 13.8. The Morgan fingerprint density at radius 1 is 1.02 bits per heavy atom. The highest BCUT2D eigenvalue weighted by Gasteiger charge is 2.48. The van der Waals surface area contributed by atoms with Crippen molar-refractivity contribution in [3.8, 4) is 0 Å². The Hall–Kier alpha value is -3.53. The molecule has 5 rings (SSSR count). The van der Waals surface area contributed by atoms with Gasteiger partial charge in [0.15, 0.2) is 0 Å². The first-order chi connectivity index (χ1) is 20.3. The highest BCUT2D eigenvalue weighted by atomic mass is 32.2. The number of esters is 1. The number of hydrogen-bond donors (Lipinski definition) is 1. The first kappa shape index (κ1) is 29.9. The van der Waals surface area contributed by atoms with Crippen molar-refractivity contribution in [1.29, 1.82) is 0 Å². The van der Waals surface area contributed by atoms with Gasteiger partial charge in [0.1, 0.15) is 11.4 Å². The van der Waals surface area contributed by atoms with Crippen LogP contribution in [0.1, 0.15) is 57.5 Å². The third kappa shape index (κ3) is 6.43. The predicted molar refractivity (Wildman–Crippen MR) is 165 cm³/mol. The summed E-state index contributed by atoms with van der Waals surface area (Å²) in [7, 11) is 1.35. The number of amides is 4. The van der Waals surface area contributed by atoms with Crippen LogP contribution in [-0.2, 0) is 25.5 Å². The van der Waals surface area contributed by atoms with Crippen molar-refractivity contribution in [3.63, 3.8) is 0 Å². The summed E-state index contributed by atoms with van der Waals surface area (Å²) >= 11 is 1.44. The van der Waals surface area contributed by atoms with Crippen LogP contribution in [0.3, 0.4) is 0 Å². The lowest BCUT2D eigenvalue weighted by molar-refractivity contribution is -0.153. The van der Waals surface area contributed by atoms with Gasteiger partial charge in [-0.15, -0.1) is 11.8 Å². The van der Waals surface area contributed by atoms with E-state index in [1.807, 2.05) is 78.2 Å². The van der Waals surface area contributed by atoms with Crippen LogP contribution in [0, 0.1) is 5.92 Å². The van der Waals surface area contributed by atoms with Gasteiger partial charge in [-0.2, -0.15) is 0 Å². The number of benzene rings is 2. The quantitative estimate of drug-likeness (QED) is 0.435. The smallest absolute Gasteiger partial charge is 0.328 e. The molecule has 3 aliphatic rings. The van der Waals surface area contributed by atoms with Crippen molar-refractivity contribution in [2.24, 2.45) is 5.92 Å². The van der Waals surface area contributed by atoms with E-state index in [1.165, 1.54) is 18.9 Å². The summed E-state index contributed by atoms with van der Waals surface area (Å²) in [5.41, 5.74) is 2.91. The summed E-state index contributed by atoms with van der Waals surface area (Å²) in [6, 6.07) is 16.8. The highest BCUT2D eigenvalue weighted by molar-refractivity contribution is 8.01. The van der Waals surface area contributed by atoms with E-state index in [0.29, 0.717) is 38.9 Å². The zero-order chi connectivity index (χ0) is 29.8. The Morgan fingerprint density at radius 2 is 1.71 bits per heavy atom. The van der Waals surface area contributed by atoms with Gasteiger partial charge in [-0.05, 0) is 48.8 Å². The average molecular weight is 595 g/mol. The van der Waals surface area contributed by atoms with Crippen LogP contribution < -0.4 is 5.32 Å². The maximum absolute atomic E-state index is 13.8. The molecule has 0 radical (unpaired) electrons. The van der Waals surface area contributed by atoms with Gasteiger partial charge in [0.2, 0.25) is 11.8 Å². The average Bonchev–Trinajstić information content (AvgIpc) is 3.21. The second-order valence-corrected chi connectivity index (χ2v) is 12.9. The van der Waals surface area contributed by atoms with Gasteiger partial charge in [0.25, 0.3) is 0 Å². The van der Waals surface area contributed by atoms with E-state index < -0.39 is 17.3 Å². The number of fused-ring (bicyclic) bond motifs is 1.